The number of rotatable bonds is 5. The van der Waals surface area contributed by atoms with Gasteiger partial charge >= 0.3 is 0 Å². The van der Waals surface area contributed by atoms with Crippen LogP contribution in [0.15, 0.2) is 71.3 Å². The molecule has 0 fully saturated rings. The van der Waals surface area contributed by atoms with Crippen molar-refractivity contribution in [3.8, 4) is 22.9 Å². The van der Waals surface area contributed by atoms with Gasteiger partial charge in [-0.1, -0.05) is 35.5 Å². The largest absolute Gasteiger partial charge is 0.497 e. The molecule has 124 valence electrons. The molecule has 0 spiro atoms. The van der Waals surface area contributed by atoms with Crippen LogP contribution in [0.25, 0.3) is 22.2 Å². The number of nitrogens with zero attached hydrogens (tertiary/aromatic N) is 2. The summed E-state index contributed by atoms with van der Waals surface area (Å²) in [6.45, 7) is 0.224. The Morgan fingerprint density at radius 2 is 1.64 bits per heavy atom. The van der Waals surface area contributed by atoms with Crippen LogP contribution in [0.4, 0.5) is 0 Å². The molecule has 0 amide bonds. The van der Waals surface area contributed by atoms with E-state index in [0.717, 1.165) is 22.4 Å². The minimum absolute atomic E-state index is 0.224. The molecule has 0 bridgehead atoms. The van der Waals surface area contributed by atoms with Crippen molar-refractivity contribution in [3.05, 3.63) is 72.6 Å². The van der Waals surface area contributed by atoms with Crippen molar-refractivity contribution in [2.45, 2.75) is 6.61 Å². The second-order valence-electron chi connectivity index (χ2n) is 5.54. The average Bonchev–Trinajstić information content (AvgIpc) is 3.15. The molecule has 3 aromatic carbocycles. The lowest BCUT2D eigenvalue weighted by Crippen LogP contribution is -1.95. The van der Waals surface area contributed by atoms with Gasteiger partial charge in [0.25, 0.3) is 5.89 Å². The Kier molecular flexibility index (Phi) is 4.04. The van der Waals surface area contributed by atoms with Crippen LogP contribution >= 0.6 is 0 Å². The summed E-state index contributed by atoms with van der Waals surface area (Å²) in [5.74, 6) is 2.51. The fourth-order valence-corrected chi connectivity index (χ4v) is 2.57. The van der Waals surface area contributed by atoms with Gasteiger partial charge in [-0.05, 0) is 47.2 Å². The zero-order valence-corrected chi connectivity index (χ0v) is 13.7. The van der Waals surface area contributed by atoms with E-state index >= 15 is 0 Å². The molecular formula is C20H16N2O3. The van der Waals surface area contributed by atoms with Crippen LogP contribution in [0.3, 0.4) is 0 Å². The van der Waals surface area contributed by atoms with Crippen molar-refractivity contribution < 1.29 is 14.0 Å². The summed E-state index contributed by atoms with van der Waals surface area (Å²) < 4.78 is 16.2. The first-order chi connectivity index (χ1) is 12.3. The summed E-state index contributed by atoms with van der Waals surface area (Å²) in [5.41, 5.74) is 0.863. The Hall–Kier alpha value is -3.34. The van der Waals surface area contributed by atoms with E-state index in [0.29, 0.717) is 11.7 Å². The highest BCUT2D eigenvalue weighted by Gasteiger charge is 2.09. The molecule has 0 aliphatic rings. The highest BCUT2D eigenvalue weighted by Crippen LogP contribution is 2.22. The summed E-state index contributed by atoms with van der Waals surface area (Å²) in [6, 6.07) is 21.6. The highest BCUT2D eigenvalue weighted by molar-refractivity contribution is 5.83. The maximum Gasteiger partial charge on any atom is 0.264 e. The van der Waals surface area contributed by atoms with Crippen molar-refractivity contribution in [3.63, 3.8) is 0 Å². The second-order valence-corrected chi connectivity index (χ2v) is 5.54. The van der Waals surface area contributed by atoms with Crippen molar-refractivity contribution in [1.82, 2.24) is 10.1 Å². The van der Waals surface area contributed by atoms with Gasteiger partial charge in [0.2, 0.25) is 5.82 Å². The first-order valence-electron chi connectivity index (χ1n) is 7.90. The van der Waals surface area contributed by atoms with Crippen molar-refractivity contribution in [2.24, 2.45) is 0 Å². The molecule has 1 heterocycles. The van der Waals surface area contributed by atoms with Crippen LogP contribution in [0.2, 0.25) is 0 Å². The lowest BCUT2D eigenvalue weighted by atomic mass is 10.1. The molecule has 0 unspecified atom stereocenters. The van der Waals surface area contributed by atoms with E-state index in [1.54, 1.807) is 7.11 Å². The van der Waals surface area contributed by atoms with Gasteiger partial charge in [-0.15, -0.1) is 0 Å². The van der Waals surface area contributed by atoms with Gasteiger partial charge in [0.15, 0.2) is 6.61 Å². The van der Waals surface area contributed by atoms with Gasteiger partial charge in [-0.3, -0.25) is 0 Å². The van der Waals surface area contributed by atoms with E-state index in [1.165, 1.54) is 5.39 Å². The molecule has 5 nitrogen and oxygen atoms in total. The van der Waals surface area contributed by atoms with E-state index in [2.05, 4.69) is 22.3 Å². The number of methoxy groups -OCH3 is 1. The second kappa shape index (κ2) is 6.65. The molecule has 0 radical (unpaired) electrons. The summed E-state index contributed by atoms with van der Waals surface area (Å²) in [4.78, 5) is 4.37. The summed E-state index contributed by atoms with van der Waals surface area (Å²) >= 11 is 0. The smallest absolute Gasteiger partial charge is 0.264 e. The Morgan fingerprint density at radius 3 is 2.44 bits per heavy atom. The molecule has 25 heavy (non-hydrogen) atoms. The Bertz CT molecular complexity index is 993. The van der Waals surface area contributed by atoms with E-state index < -0.39 is 0 Å². The zero-order valence-electron chi connectivity index (χ0n) is 13.7. The first-order valence-corrected chi connectivity index (χ1v) is 7.90. The molecular weight excluding hydrogens is 316 g/mol. The van der Waals surface area contributed by atoms with Gasteiger partial charge in [0.05, 0.1) is 7.11 Å². The molecule has 0 saturated heterocycles. The molecule has 5 heteroatoms. The fourth-order valence-electron chi connectivity index (χ4n) is 2.57. The molecule has 0 aliphatic heterocycles. The van der Waals surface area contributed by atoms with Crippen LogP contribution in [-0.2, 0) is 6.61 Å². The van der Waals surface area contributed by atoms with Crippen molar-refractivity contribution in [1.29, 1.82) is 0 Å². The predicted molar refractivity (Wildman–Crippen MR) is 94.6 cm³/mol. The van der Waals surface area contributed by atoms with Crippen LogP contribution in [0.5, 0.6) is 11.5 Å². The molecule has 4 aromatic rings. The van der Waals surface area contributed by atoms with Crippen LogP contribution < -0.4 is 9.47 Å². The fraction of sp³-hybridized carbons (Fsp3) is 0.100. The normalized spacial score (nSPS) is 10.8. The third-order valence-corrected chi connectivity index (χ3v) is 3.90. The molecule has 1 aromatic heterocycles. The lowest BCUT2D eigenvalue weighted by Gasteiger charge is -2.04. The average molecular weight is 332 g/mol. The maximum atomic E-state index is 5.77. The maximum absolute atomic E-state index is 5.77. The standard InChI is InChI=1S/C20H16N2O3/c1-23-17-9-7-15(8-10-17)20-21-19(25-22-20)13-24-18-11-6-14-4-2-3-5-16(14)12-18/h2-12H,13H2,1H3. The minimum Gasteiger partial charge on any atom is -0.497 e. The Labute approximate surface area is 144 Å². The van der Waals surface area contributed by atoms with Crippen molar-refractivity contribution in [2.75, 3.05) is 7.11 Å². The van der Waals surface area contributed by atoms with Crippen molar-refractivity contribution >= 4 is 10.8 Å². The topological polar surface area (TPSA) is 57.4 Å². The third-order valence-electron chi connectivity index (χ3n) is 3.90. The SMILES string of the molecule is COc1ccc(-c2noc(COc3ccc4ccccc4c3)n2)cc1. The zero-order chi connectivity index (χ0) is 17.1. The summed E-state index contributed by atoms with van der Waals surface area (Å²) in [5, 5.41) is 6.30. The highest BCUT2D eigenvalue weighted by atomic mass is 16.5. The van der Waals surface area contributed by atoms with Gasteiger partial charge in [0, 0.05) is 5.56 Å². The number of hydrogen-bond acceptors (Lipinski definition) is 5. The molecule has 0 aliphatic carbocycles. The van der Waals surface area contributed by atoms with E-state index in [4.69, 9.17) is 14.0 Å². The number of fused-ring (bicyclic) bond motifs is 1. The molecule has 0 saturated carbocycles. The van der Waals surface area contributed by atoms with Crippen LogP contribution in [0.1, 0.15) is 5.89 Å². The number of ether oxygens (including phenoxy) is 2. The summed E-state index contributed by atoms with van der Waals surface area (Å²) in [7, 11) is 1.63. The van der Waals surface area contributed by atoms with E-state index in [1.807, 2.05) is 54.6 Å². The number of benzene rings is 3. The van der Waals surface area contributed by atoms with Gasteiger partial charge in [0.1, 0.15) is 11.5 Å². The third kappa shape index (κ3) is 3.30. The number of hydrogen-bond donors (Lipinski definition) is 0. The molecule has 0 atom stereocenters. The lowest BCUT2D eigenvalue weighted by molar-refractivity contribution is 0.243. The molecule has 0 N–H and O–H groups in total. The quantitative estimate of drug-likeness (QED) is 0.539. The van der Waals surface area contributed by atoms with Gasteiger partial charge < -0.3 is 14.0 Å². The van der Waals surface area contributed by atoms with Gasteiger partial charge in [-0.25, -0.2) is 0 Å². The minimum atomic E-state index is 0.224. The van der Waals surface area contributed by atoms with Crippen LogP contribution in [-0.4, -0.2) is 17.3 Å². The Morgan fingerprint density at radius 1 is 0.880 bits per heavy atom. The number of aromatic nitrogens is 2. The Balaban J connectivity index is 1.46. The van der Waals surface area contributed by atoms with Gasteiger partial charge in [-0.2, -0.15) is 4.98 Å². The van der Waals surface area contributed by atoms with E-state index in [-0.39, 0.29) is 6.61 Å². The monoisotopic (exact) mass is 332 g/mol. The first kappa shape index (κ1) is 15.2. The summed E-state index contributed by atoms with van der Waals surface area (Å²) in [6.07, 6.45) is 0. The molecule has 4 rings (SSSR count). The predicted octanol–water partition coefficient (Wildman–Crippen LogP) is 4.48. The van der Waals surface area contributed by atoms with Crippen LogP contribution in [0, 0.1) is 0 Å². The van der Waals surface area contributed by atoms with E-state index in [9.17, 15) is 0 Å².